The predicted molar refractivity (Wildman–Crippen MR) is 143 cm³/mol. The minimum absolute atomic E-state index is 0.0253. The number of aromatic nitrogens is 1. The van der Waals surface area contributed by atoms with Crippen molar-refractivity contribution in [1.82, 2.24) is 10.3 Å². The van der Waals surface area contributed by atoms with Gasteiger partial charge in [-0.15, -0.1) is 0 Å². The van der Waals surface area contributed by atoms with E-state index in [0.29, 0.717) is 12.0 Å². The van der Waals surface area contributed by atoms with Crippen LogP contribution >= 0.6 is 23.2 Å². The van der Waals surface area contributed by atoms with E-state index in [1.54, 1.807) is 6.07 Å². The number of nitrogens with zero attached hydrogens (tertiary/aromatic N) is 1. The van der Waals surface area contributed by atoms with E-state index in [1.807, 2.05) is 6.07 Å². The lowest BCUT2D eigenvalue weighted by molar-refractivity contribution is -0.139. The molecule has 1 atom stereocenters. The number of aliphatic carboxylic acids is 1. The summed E-state index contributed by atoms with van der Waals surface area (Å²) in [5.41, 5.74) is 3.53. The van der Waals surface area contributed by atoms with Crippen molar-refractivity contribution < 1.29 is 23.5 Å². The van der Waals surface area contributed by atoms with E-state index >= 15 is 0 Å². The number of alkyl halides is 2. The summed E-state index contributed by atoms with van der Waals surface area (Å²) in [7, 11) is 0. The lowest BCUT2D eigenvalue weighted by atomic mass is 9.95. The van der Waals surface area contributed by atoms with Crippen molar-refractivity contribution in [3.63, 3.8) is 0 Å². The molecule has 0 saturated carbocycles. The van der Waals surface area contributed by atoms with E-state index in [9.17, 15) is 23.5 Å². The van der Waals surface area contributed by atoms with Crippen molar-refractivity contribution in [3.8, 4) is 0 Å². The van der Waals surface area contributed by atoms with Crippen LogP contribution in [0.5, 0.6) is 0 Å². The van der Waals surface area contributed by atoms with Gasteiger partial charge in [0.2, 0.25) is 0 Å². The van der Waals surface area contributed by atoms with Crippen LogP contribution < -0.4 is 5.32 Å². The highest BCUT2D eigenvalue weighted by Crippen LogP contribution is 2.34. The fourth-order valence-corrected chi connectivity index (χ4v) is 5.24. The topological polar surface area (TPSA) is 79.3 Å². The molecule has 1 amide bonds. The number of nitrogens with one attached hydrogen (secondary N) is 1. The number of carbonyl (C=O) groups is 2. The number of hydrogen-bond donors (Lipinski definition) is 2. The Hall–Kier alpha value is -3.03. The molecule has 38 heavy (non-hydrogen) atoms. The average molecular weight is 561 g/mol. The normalized spacial score (nSPS) is 14.0. The van der Waals surface area contributed by atoms with Crippen molar-refractivity contribution in [2.75, 3.05) is 0 Å². The highest BCUT2D eigenvalue weighted by atomic mass is 35.5. The maximum Gasteiger partial charge on any atom is 0.326 e. The molecule has 0 aliphatic heterocycles. The number of amides is 1. The van der Waals surface area contributed by atoms with Gasteiger partial charge in [-0.05, 0) is 67.9 Å². The van der Waals surface area contributed by atoms with Crippen LogP contribution in [-0.4, -0.2) is 28.0 Å². The number of carboxylic acids is 1. The lowest BCUT2D eigenvalue weighted by Crippen LogP contribution is -2.42. The summed E-state index contributed by atoms with van der Waals surface area (Å²) in [5, 5.41) is 12.2. The molecular formula is C29H28Cl2F2N2O3. The van der Waals surface area contributed by atoms with Crippen molar-refractivity contribution in [3.05, 3.63) is 98.3 Å². The highest BCUT2D eigenvalue weighted by molar-refractivity contribution is 6.39. The molecule has 1 unspecified atom stereocenters. The Morgan fingerprint density at radius 3 is 2.37 bits per heavy atom. The largest absolute Gasteiger partial charge is 0.480 e. The summed E-state index contributed by atoms with van der Waals surface area (Å²) in [4.78, 5) is 29.0. The Labute approximate surface area is 230 Å². The zero-order valence-corrected chi connectivity index (χ0v) is 22.2. The fraction of sp³-hybridized carbons (Fsp3) is 0.345. The number of hydrogen-bond acceptors (Lipinski definition) is 3. The van der Waals surface area contributed by atoms with E-state index in [2.05, 4.69) is 16.4 Å². The van der Waals surface area contributed by atoms with Crippen LogP contribution in [0.25, 0.3) is 0 Å². The van der Waals surface area contributed by atoms with E-state index in [1.165, 1.54) is 48.4 Å². The average Bonchev–Trinajstić information content (AvgIpc) is 2.88. The summed E-state index contributed by atoms with van der Waals surface area (Å²) in [6.07, 6.45) is 4.62. The molecule has 1 aromatic heterocycles. The molecule has 1 heterocycles. The Bertz CT molecular complexity index is 1300. The van der Waals surface area contributed by atoms with E-state index in [-0.39, 0.29) is 40.4 Å². The molecule has 0 radical (unpaired) electrons. The minimum atomic E-state index is -3.03. The van der Waals surface area contributed by atoms with Crippen molar-refractivity contribution >= 4 is 35.1 Å². The number of fused-ring (bicyclic) bond motifs is 1. The number of rotatable bonds is 10. The van der Waals surface area contributed by atoms with Crippen LogP contribution in [0.3, 0.4) is 0 Å². The number of carboxylic acid groups (broad SMARTS) is 1. The smallest absolute Gasteiger partial charge is 0.326 e. The van der Waals surface area contributed by atoms with E-state index in [0.717, 1.165) is 30.7 Å². The van der Waals surface area contributed by atoms with Gasteiger partial charge >= 0.3 is 5.97 Å². The molecule has 200 valence electrons. The second-order valence-corrected chi connectivity index (χ2v) is 10.3. The van der Waals surface area contributed by atoms with Crippen LogP contribution in [0.1, 0.15) is 64.1 Å². The van der Waals surface area contributed by atoms with Crippen LogP contribution in [0, 0.1) is 0 Å². The zero-order valence-electron chi connectivity index (χ0n) is 20.7. The Balaban J connectivity index is 1.35. The summed E-state index contributed by atoms with van der Waals surface area (Å²) in [6, 6.07) is 12.7. The number of halogens is 4. The number of aryl methyl sites for hydroxylation is 3. The third kappa shape index (κ3) is 6.88. The van der Waals surface area contributed by atoms with Crippen LogP contribution in [0.2, 0.25) is 10.0 Å². The summed E-state index contributed by atoms with van der Waals surface area (Å²) in [6.45, 7) is 0. The monoisotopic (exact) mass is 560 g/mol. The first-order valence-corrected chi connectivity index (χ1v) is 13.3. The lowest BCUT2D eigenvalue weighted by Gasteiger charge is -2.19. The first-order chi connectivity index (χ1) is 18.1. The van der Waals surface area contributed by atoms with Gasteiger partial charge in [0.05, 0.1) is 15.6 Å². The summed E-state index contributed by atoms with van der Waals surface area (Å²) >= 11 is 12.1. The molecule has 9 heteroatoms. The first-order valence-electron chi connectivity index (χ1n) is 12.6. The number of benzene rings is 2. The van der Waals surface area contributed by atoms with Gasteiger partial charge in [0.15, 0.2) is 0 Å². The molecule has 0 fully saturated rings. The maximum absolute atomic E-state index is 14.9. The SMILES string of the molecule is O=C(NC(Cc1ccc(C(F)(F)CCCc2ccc3c(n2)CCCC3)cc1)C(=O)O)c1c(Cl)cccc1Cl. The molecule has 1 aliphatic rings. The van der Waals surface area contributed by atoms with E-state index in [4.69, 9.17) is 23.2 Å². The van der Waals surface area contributed by atoms with Gasteiger partial charge in [-0.2, -0.15) is 0 Å². The minimum Gasteiger partial charge on any atom is -0.480 e. The van der Waals surface area contributed by atoms with Gasteiger partial charge in [0.25, 0.3) is 11.8 Å². The quantitative estimate of drug-likeness (QED) is 0.285. The van der Waals surface area contributed by atoms with Gasteiger partial charge in [-0.25, -0.2) is 13.6 Å². The molecular weight excluding hydrogens is 533 g/mol. The predicted octanol–water partition coefficient (Wildman–Crippen LogP) is 6.81. The van der Waals surface area contributed by atoms with Crippen molar-refractivity contribution in [1.29, 1.82) is 0 Å². The third-order valence-electron chi connectivity index (χ3n) is 6.77. The molecule has 1 aliphatic carbocycles. The Morgan fingerprint density at radius 1 is 1.00 bits per heavy atom. The first kappa shape index (κ1) is 28.0. The van der Waals surface area contributed by atoms with Gasteiger partial charge in [0, 0.05) is 29.8 Å². The molecule has 2 N–H and O–H groups in total. The molecule has 0 bridgehead atoms. The molecule has 5 nitrogen and oxygen atoms in total. The third-order valence-corrected chi connectivity index (χ3v) is 7.40. The molecule has 2 aromatic carbocycles. The molecule has 0 spiro atoms. The van der Waals surface area contributed by atoms with E-state index < -0.39 is 23.8 Å². The molecule has 0 saturated heterocycles. The van der Waals surface area contributed by atoms with Gasteiger partial charge in [-0.1, -0.05) is 59.6 Å². The number of pyridine rings is 1. The number of carbonyl (C=O) groups excluding carboxylic acids is 1. The van der Waals surface area contributed by atoms with Crippen molar-refractivity contribution in [2.24, 2.45) is 0 Å². The van der Waals surface area contributed by atoms with Crippen LogP contribution in [0.15, 0.2) is 54.6 Å². The van der Waals surface area contributed by atoms with Crippen LogP contribution in [-0.2, 0) is 36.4 Å². The zero-order chi connectivity index (χ0) is 27.3. The Morgan fingerprint density at radius 2 is 1.68 bits per heavy atom. The maximum atomic E-state index is 14.9. The molecule has 3 aromatic rings. The summed E-state index contributed by atoms with van der Waals surface area (Å²) < 4.78 is 29.8. The second kappa shape index (κ2) is 12.2. The van der Waals surface area contributed by atoms with Crippen LogP contribution in [0.4, 0.5) is 8.78 Å². The van der Waals surface area contributed by atoms with Gasteiger partial charge in [0.1, 0.15) is 6.04 Å². The van der Waals surface area contributed by atoms with Gasteiger partial charge < -0.3 is 10.4 Å². The Kier molecular flexibility index (Phi) is 9.00. The highest BCUT2D eigenvalue weighted by Gasteiger charge is 2.31. The van der Waals surface area contributed by atoms with Crippen molar-refractivity contribution in [2.45, 2.75) is 63.3 Å². The second-order valence-electron chi connectivity index (χ2n) is 9.54. The summed E-state index contributed by atoms with van der Waals surface area (Å²) in [5.74, 6) is -5.04. The van der Waals surface area contributed by atoms with Gasteiger partial charge in [-0.3, -0.25) is 9.78 Å². The fourth-order valence-electron chi connectivity index (χ4n) is 4.67. The standard InChI is InChI=1S/C29H28Cl2F2N2O3/c30-22-7-3-8-23(31)26(22)27(36)35-25(28(37)38)17-18-10-13-20(14-11-18)29(32,33)16-4-6-21-15-12-19-5-1-2-9-24(19)34-21/h3,7-8,10-15,25H,1-2,4-6,9,16-17H2,(H,35,36)(H,37,38). The molecule has 4 rings (SSSR count).